The molecule has 2 aromatic carbocycles. The highest BCUT2D eigenvalue weighted by Gasteiger charge is 2.13. The smallest absolute Gasteiger partial charge is 0.257 e. The molecule has 0 saturated heterocycles. The van der Waals surface area contributed by atoms with Crippen molar-refractivity contribution in [3.8, 4) is 11.3 Å². The number of carbonyl (C=O) groups excluding carboxylic acids is 1. The van der Waals surface area contributed by atoms with Crippen LogP contribution in [0.5, 0.6) is 0 Å². The van der Waals surface area contributed by atoms with Crippen molar-refractivity contribution in [1.82, 2.24) is 9.97 Å². The van der Waals surface area contributed by atoms with E-state index in [1.54, 1.807) is 30.3 Å². The van der Waals surface area contributed by atoms with Crippen molar-refractivity contribution in [2.24, 2.45) is 0 Å². The molecule has 0 radical (unpaired) electrons. The first-order valence-corrected chi connectivity index (χ1v) is 9.96. The molecule has 146 valence electrons. The van der Waals surface area contributed by atoms with Gasteiger partial charge in [0.05, 0.1) is 27.5 Å². The molecule has 29 heavy (non-hydrogen) atoms. The second-order valence-corrected chi connectivity index (χ2v) is 7.75. The molecule has 0 aliphatic rings. The van der Waals surface area contributed by atoms with Gasteiger partial charge >= 0.3 is 0 Å². The fraction of sp³-hybridized carbons (Fsp3) is 0.0952. The van der Waals surface area contributed by atoms with Gasteiger partial charge in [-0.3, -0.25) is 15.1 Å². The van der Waals surface area contributed by atoms with E-state index in [1.165, 1.54) is 17.5 Å². The lowest BCUT2D eigenvalue weighted by Gasteiger charge is -2.10. The minimum atomic E-state index is -1.03. The SMILES string of the molecule is O=C(Nc1nc2ccccc2s1)c1ccc(-c2ncc([C@H](O)CO)cc2Cl)cc1. The number of fused-ring (bicyclic) bond motifs is 1. The van der Waals surface area contributed by atoms with Gasteiger partial charge in [0.25, 0.3) is 5.91 Å². The number of thiazole rings is 1. The van der Waals surface area contributed by atoms with E-state index in [0.29, 0.717) is 27.0 Å². The third kappa shape index (κ3) is 4.13. The van der Waals surface area contributed by atoms with E-state index in [-0.39, 0.29) is 5.91 Å². The molecule has 4 rings (SSSR count). The number of nitrogens with zero attached hydrogens (tertiary/aromatic N) is 2. The normalized spacial score (nSPS) is 12.1. The minimum absolute atomic E-state index is 0.254. The Morgan fingerprint density at radius 2 is 1.93 bits per heavy atom. The van der Waals surface area contributed by atoms with Crippen molar-refractivity contribution in [3.05, 3.63) is 76.9 Å². The van der Waals surface area contributed by atoms with E-state index in [9.17, 15) is 9.90 Å². The fourth-order valence-corrected chi connectivity index (χ4v) is 3.97. The standard InChI is InChI=1S/C21H16ClN3O3S/c22-15-9-14(17(27)11-26)10-23-19(15)12-5-7-13(8-6-12)20(28)25-21-24-16-3-1-2-4-18(16)29-21/h1-10,17,26-27H,11H2,(H,24,25,28)/t17-/m1/s1. The highest BCUT2D eigenvalue weighted by atomic mass is 35.5. The zero-order chi connectivity index (χ0) is 20.4. The summed E-state index contributed by atoms with van der Waals surface area (Å²) in [5.41, 5.74) is 3.03. The van der Waals surface area contributed by atoms with Gasteiger partial charge in [-0.05, 0) is 30.3 Å². The summed E-state index contributed by atoms with van der Waals surface area (Å²) in [6, 6.07) is 16.1. The molecule has 8 heteroatoms. The maximum Gasteiger partial charge on any atom is 0.257 e. The van der Waals surface area contributed by atoms with Crippen LogP contribution in [-0.2, 0) is 0 Å². The number of para-hydroxylation sites is 1. The van der Waals surface area contributed by atoms with Crippen molar-refractivity contribution in [3.63, 3.8) is 0 Å². The number of anilines is 1. The Labute approximate surface area is 175 Å². The quantitative estimate of drug-likeness (QED) is 0.443. The highest BCUT2D eigenvalue weighted by molar-refractivity contribution is 7.22. The van der Waals surface area contributed by atoms with E-state index < -0.39 is 12.7 Å². The van der Waals surface area contributed by atoms with Crippen molar-refractivity contribution in [2.45, 2.75) is 6.10 Å². The maximum absolute atomic E-state index is 12.5. The lowest BCUT2D eigenvalue weighted by molar-refractivity contribution is 0.0954. The molecule has 0 saturated carbocycles. The summed E-state index contributed by atoms with van der Waals surface area (Å²) in [5, 5.41) is 22.4. The monoisotopic (exact) mass is 425 g/mol. The Kier molecular flexibility index (Phi) is 5.55. The zero-order valence-electron chi connectivity index (χ0n) is 15.0. The lowest BCUT2D eigenvalue weighted by atomic mass is 10.1. The molecular weight excluding hydrogens is 410 g/mol. The summed E-state index contributed by atoms with van der Waals surface area (Å²) < 4.78 is 1.01. The Balaban J connectivity index is 1.52. The summed E-state index contributed by atoms with van der Waals surface area (Å²) in [6.45, 7) is -0.407. The number of aliphatic hydroxyl groups is 2. The van der Waals surface area contributed by atoms with Crippen LogP contribution in [0.25, 0.3) is 21.5 Å². The average Bonchev–Trinajstić information content (AvgIpc) is 3.15. The number of aromatic nitrogens is 2. The molecule has 1 amide bonds. The molecular formula is C21H16ClN3O3S. The van der Waals surface area contributed by atoms with Crippen LogP contribution in [-0.4, -0.2) is 32.7 Å². The summed E-state index contributed by atoms with van der Waals surface area (Å²) >= 11 is 7.69. The van der Waals surface area contributed by atoms with Gasteiger partial charge in [-0.15, -0.1) is 0 Å². The topological polar surface area (TPSA) is 95.3 Å². The molecule has 6 nitrogen and oxygen atoms in total. The fourth-order valence-electron chi connectivity index (χ4n) is 2.83. The van der Waals surface area contributed by atoms with Crippen LogP contribution in [0.3, 0.4) is 0 Å². The number of carbonyl (C=O) groups is 1. The predicted octanol–water partition coefficient (Wildman–Crippen LogP) is 4.29. The van der Waals surface area contributed by atoms with Gasteiger partial charge in [0.1, 0.15) is 6.10 Å². The Morgan fingerprint density at radius 1 is 1.17 bits per heavy atom. The number of pyridine rings is 1. The van der Waals surface area contributed by atoms with Crippen LogP contribution in [0.1, 0.15) is 22.0 Å². The molecule has 0 fully saturated rings. The van der Waals surface area contributed by atoms with Gasteiger partial charge in [0.2, 0.25) is 0 Å². The van der Waals surface area contributed by atoms with Gasteiger partial charge in [0, 0.05) is 22.9 Å². The summed E-state index contributed by atoms with van der Waals surface area (Å²) in [7, 11) is 0. The largest absolute Gasteiger partial charge is 0.393 e. The van der Waals surface area contributed by atoms with Crippen molar-refractivity contribution in [2.75, 3.05) is 11.9 Å². The molecule has 3 N–H and O–H groups in total. The highest BCUT2D eigenvalue weighted by Crippen LogP contribution is 2.29. The Hall–Kier alpha value is -2.84. The Bertz CT molecular complexity index is 1140. The van der Waals surface area contributed by atoms with Crippen molar-refractivity contribution < 1.29 is 15.0 Å². The average molecular weight is 426 g/mol. The Morgan fingerprint density at radius 3 is 2.62 bits per heavy atom. The number of hydrogen-bond acceptors (Lipinski definition) is 6. The third-order valence-corrected chi connectivity index (χ3v) is 5.59. The molecule has 0 unspecified atom stereocenters. The first-order chi connectivity index (χ1) is 14.0. The lowest BCUT2D eigenvalue weighted by Crippen LogP contribution is -2.11. The molecule has 4 aromatic rings. The second-order valence-electron chi connectivity index (χ2n) is 6.32. The van der Waals surface area contributed by atoms with E-state index in [2.05, 4.69) is 15.3 Å². The number of rotatable bonds is 5. The predicted molar refractivity (Wildman–Crippen MR) is 114 cm³/mol. The van der Waals surface area contributed by atoms with Crippen LogP contribution in [0, 0.1) is 0 Å². The van der Waals surface area contributed by atoms with Gasteiger partial charge in [-0.2, -0.15) is 0 Å². The molecule has 0 aliphatic carbocycles. The van der Waals surface area contributed by atoms with Crippen LogP contribution >= 0.6 is 22.9 Å². The molecule has 0 aliphatic heterocycles. The first kappa shape index (κ1) is 19.5. The molecule has 0 bridgehead atoms. The van der Waals surface area contributed by atoms with Gasteiger partial charge in [-0.25, -0.2) is 4.98 Å². The molecule has 0 spiro atoms. The third-order valence-electron chi connectivity index (χ3n) is 4.35. The van der Waals surface area contributed by atoms with Crippen LogP contribution in [0.2, 0.25) is 5.02 Å². The van der Waals surface area contributed by atoms with Crippen molar-refractivity contribution in [1.29, 1.82) is 0 Å². The first-order valence-electron chi connectivity index (χ1n) is 8.77. The van der Waals surface area contributed by atoms with Gasteiger partial charge in [-0.1, -0.05) is 47.2 Å². The molecule has 2 aromatic heterocycles. The van der Waals surface area contributed by atoms with Crippen LogP contribution < -0.4 is 5.32 Å². The molecule has 2 heterocycles. The number of aliphatic hydroxyl groups excluding tert-OH is 2. The zero-order valence-corrected chi connectivity index (χ0v) is 16.6. The number of nitrogens with one attached hydrogen (secondary N) is 1. The number of amides is 1. The summed E-state index contributed by atoms with van der Waals surface area (Å²) in [6.07, 6.45) is 0.443. The minimum Gasteiger partial charge on any atom is -0.393 e. The van der Waals surface area contributed by atoms with E-state index in [1.807, 2.05) is 24.3 Å². The number of benzene rings is 2. The molecule has 1 atom stereocenters. The van der Waals surface area contributed by atoms with Gasteiger partial charge < -0.3 is 10.2 Å². The van der Waals surface area contributed by atoms with Crippen molar-refractivity contribution >= 4 is 44.2 Å². The second kappa shape index (κ2) is 8.26. The number of hydrogen-bond donors (Lipinski definition) is 3. The van der Waals surface area contributed by atoms with E-state index in [0.717, 1.165) is 15.8 Å². The summed E-state index contributed by atoms with van der Waals surface area (Å²) in [4.78, 5) is 21.2. The van der Waals surface area contributed by atoms with Gasteiger partial charge in [0.15, 0.2) is 5.13 Å². The van der Waals surface area contributed by atoms with Crippen LogP contribution in [0.15, 0.2) is 60.8 Å². The van der Waals surface area contributed by atoms with Crippen LogP contribution in [0.4, 0.5) is 5.13 Å². The summed E-state index contributed by atoms with van der Waals surface area (Å²) in [5.74, 6) is -0.254. The maximum atomic E-state index is 12.5. The number of halogens is 1. The van der Waals surface area contributed by atoms with E-state index >= 15 is 0 Å². The van der Waals surface area contributed by atoms with E-state index in [4.69, 9.17) is 16.7 Å².